The van der Waals surface area contributed by atoms with Crippen molar-refractivity contribution in [3.05, 3.63) is 228 Å². The minimum Gasteiger partial charge on any atom is -0.494 e. The molecule has 8 aromatic rings. The number of benzene rings is 7. The number of hydrogen-bond donors (Lipinski definition) is 0. The minimum absolute atomic E-state index is 0.126. The lowest BCUT2D eigenvalue weighted by atomic mass is 9.99. The van der Waals surface area contributed by atoms with Crippen molar-refractivity contribution in [2.45, 2.75) is 192 Å². The van der Waals surface area contributed by atoms with Crippen LogP contribution in [0.25, 0.3) is 10.9 Å². The summed E-state index contributed by atoms with van der Waals surface area (Å²) in [6, 6.07) is 46.0. The number of aromatic nitrogens is 1. The van der Waals surface area contributed by atoms with Crippen molar-refractivity contribution in [3.8, 4) is 17.2 Å². The third-order valence-corrected chi connectivity index (χ3v) is 16.2. The number of halogens is 7. The number of alkyl halides is 3. The molecule has 0 fully saturated rings. The van der Waals surface area contributed by atoms with Gasteiger partial charge in [0.1, 0.15) is 23.9 Å². The molecule has 91 heavy (non-hydrogen) atoms. The molecule has 0 unspecified atom stereocenters. The van der Waals surface area contributed by atoms with Gasteiger partial charge in [0.15, 0.2) is 11.6 Å². The summed E-state index contributed by atoms with van der Waals surface area (Å²) in [6.45, 7) is 44.6. The molecule has 0 saturated carbocycles. The first kappa shape index (κ1) is 81.1. The van der Waals surface area contributed by atoms with Crippen molar-refractivity contribution in [1.82, 2.24) is 9.47 Å². The SMILES string of the molecule is CC(C)Oc1cccc(C(C)C)c1.CC(C)c1cc(F)c(F)c(C(F)(F)F)c1.CC(C)c1cccc(OCCN(C)C)c1.CC(C)c1cn(C)c2ccccc12.CCOc1cccc(C(C)C)c1.Cc1c(Br)cc(C(C)C)cc1Br.Cc1cc(C)cc(C(C)C)c1. The first-order chi connectivity index (χ1) is 42.5. The summed E-state index contributed by atoms with van der Waals surface area (Å²) < 4.78 is 83.7. The number of aryl methyl sites for hydroxylation is 3. The van der Waals surface area contributed by atoms with E-state index in [1.807, 2.05) is 65.2 Å². The molecule has 0 aliphatic carbocycles. The molecule has 0 bridgehead atoms. The van der Waals surface area contributed by atoms with Gasteiger partial charge < -0.3 is 23.7 Å². The Kier molecular flexibility index (Phi) is 35.9. The highest BCUT2D eigenvalue weighted by Gasteiger charge is 2.36. The summed E-state index contributed by atoms with van der Waals surface area (Å²) >= 11 is 7.07. The third kappa shape index (κ3) is 29.7. The molecule has 1 heterocycles. The van der Waals surface area contributed by atoms with Gasteiger partial charge in [0, 0.05) is 39.6 Å². The smallest absolute Gasteiger partial charge is 0.419 e. The molecule has 0 N–H and O–H groups in total. The third-order valence-electron chi connectivity index (χ3n) is 14.5. The average molecular weight is 1390 g/mol. The lowest BCUT2D eigenvalue weighted by Gasteiger charge is -2.12. The predicted octanol–water partition coefficient (Wildman–Crippen LogP) is 25.0. The van der Waals surface area contributed by atoms with E-state index < -0.39 is 23.4 Å². The van der Waals surface area contributed by atoms with Crippen molar-refractivity contribution in [3.63, 3.8) is 0 Å². The van der Waals surface area contributed by atoms with Crippen LogP contribution in [0.1, 0.15) is 220 Å². The topological polar surface area (TPSA) is 35.9 Å². The van der Waals surface area contributed by atoms with Gasteiger partial charge in [-0.05, 0) is 208 Å². The van der Waals surface area contributed by atoms with Gasteiger partial charge in [0.25, 0.3) is 0 Å². The van der Waals surface area contributed by atoms with Gasteiger partial charge in [-0.15, -0.1) is 0 Å². The molecule has 500 valence electrons. The van der Waals surface area contributed by atoms with Crippen molar-refractivity contribution in [2.75, 3.05) is 33.9 Å². The fourth-order valence-electron chi connectivity index (χ4n) is 8.98. The molecule has 0 aliphatic rings. The summed E-state index contributed by atoms with van der Waals surface area (Å²) in [4.78, 5) is 2.12. The Hall–Kier alpha value is -5.95. The fourth-order valence-corrected chi connectivity index (χ4v) is 10.2. The van der Waals surface area contributed by atoms with Crippen LogP contribution in [-0.2, 0) is 13.2 Å². The zero-order valence-corrected chi connectivity index (χ0v) is 62.0. The van der Waals surface area contributed by atoms with Gasteiger partial charge in [0.2, 0.25) is 0 Å². The second-order valence-corrected chi connectivity index (χ2v) is 27.4. The van der Waals surface area contributed by atoms with E-state index in [1.165, 1.54) is 69.9 Å². The van der Waals surface area contributed by atoms with Gasteiger partial charge in [-0.2, -0.15) is 13.2 Å². The van der Waals surface area contributed by atoms with Crippen LogP contribution in [0, 0.1) is 32.4 Å². The molecule has 0 spiro atoms. The number of para-hydroxylation sites is 1. The van der Waals surface area contributed by atoms with Gasteiger partial charge in [0.05, 0.1) is 18.3 Å². The number of fused-ring (bicyclic) bond motifs is 1. The Labute approximate surface area is 562 Å². The van der Waals surface area contributed by atoms with E-state index in [2.05, 4.69) is 255 Å². The molecule has 0 atom stereocenters. The maximum atomic E-state index is 12.9. The fraction of sp³-hybridized carbons (Fsp3) is 0.443. The average Bonchev–Trinajstić information content (AvgIpc) is 1.85. The quantitative estimate of drug-likeness (QED) is 0.0959. The molecular weight excluding hydrogens is 1280 g/mol. The van der Waals surface area contributed by atoms with E-state index in [4.69, 9.17) is 14.2 Å². The number of rotatable bonds is 15. The Morgan fingerprint density at radius 3 is 1.32 bits per heavy atom. The Morgan fingerprint density at radius 2 is 0.901 bits per heavy atom. The Morgan fingerprint density at radius 1 is 0.484 bits per heavy atom. The van der Waals surface area contributed by atoms with Crippen molar-refractivity contribution >= 4 is 42.8 Å². The lowest BCUT2D eigenvalue weighted by Crippen LogP contribution is -2.19. The van der Waals surface area contributed by atoms with Gasteiger partial charge >= 0.3 is 6.18 Å². The minimum atomic E-state index is -4.87. The highest BCUT2D eigenvalue weighted by Crippen LogP contribution is 2.35. The molecule has 0 radical (unpaired) electrons. The van der Waals surface area contributed by atoms with Crippen LogP contribution in [0.15, 0.2) is 155 Å². The van der Waals surface area contributed by atoms with E-state index >= 15 is 0 Å². The molecule has 7 aromatic carbocycles. The summed E-state index contributed by atoms with van der Waals surface area (Å²) in [5.41, 5.74) is 12.1. The van der Waals surface area contributed by atoms with E-state index in [0.717, 1.165) is 43.1 Å². The molecule has 12 heteroatoms. The van der Waals surface area contributed by atoms with Crippen molar-refractivity contribution in [1.29, 1.82) is 0 Å². The molecule has 0 amide bonds. The highest BCUT2D eigenvalue weighted by molar-refractivity contribution is 9.11. The van der Waals surface area contributed by atoms with Crippen LogP contribution in [0.3, 0.4) is 0 Å². The number of nitrogens with zero attached hydrogens (tertiary/aromatic N) is 2. The van der Waals surface area contributed by atoms with Crippen molar-refractivity contribution < 1.29 is 36.2 Å². The second-order valence-electron chi connectivity index (χ2n) is 25.7. The summed E-state index contributed by atoms with van der Waals surface area (Å²) in [5, 5.41) is 1.39. The van der Waals surface area contributed by atoms with E-state index in [-0.39, 0.29) is 17.6 Å². The summed E-state index contributed by atoms with van der Waals surface area (Å²) in [7, 11) is 6.20. The van der Waals surface area contributed by atoms with Crippen LogP contribution in [0.2, 0.25) is 0 Å². The lowest BCUT2D eigenvalue weighted by molar-refractivity contribution is -0.140. The van der Waals surface area contributed by atoms with Crippen LogP contribution in [0.5, 0.6) is 17.2 Å². The molecule has 0 aliphatic heterocycles. The molecule has 0 saturated heterocycles. The zero-order chi connectivity index (χ0) is 69.0. The first-order valence-corrected chi connectivity index (χ1v) is 33.6. The molecule has 5 nitrogen and oxygen atoms in total. The van der Waals surface area contributed by atoms with E-state index in [0.29, 0.717) is 41.6 Å². The maximum Gasteiger partial charge on any atom is 0.419 e. The highest BCUT2D eigenvalue weighted by atomic mass is 79.9. The Bertz CT molecular complexity index is 3350. The Balaban J connectivity index is 0.000000363. The summed E-state index contributed by atoms with van der Waals surface area (Å²) in [6.07, 6.45) is -2.38. The van der Waals surface area contributed by atoms with Crippen LogP contribution >= 0.6 is 31.9 Å². The first-order valence-electron chi connectivity index (χ1n) is 32.0. The van der Waals surface area contributed by atoms with Crippen LogP contribution in [0.4, 0.5) is 22.0 Å². The van der Waals surface area contributed by atoms with Gasteiger partial charge in [-0.3, -0.25) is 0 Å². The largest absolute Gasteiger partial charge is 0.494 e. The zero-order valence-electron chi connectivity index (χ0n) is 58.9. The number of hydrogen-bond acceptors (Lipinski definition) is 4. The van der Waals surface area contributed by atoms with Gasteiger partial charge in [-0.25, -0.2) is 8.78 Å². The number of likely N-dealkylation sites (N-methyl/N-ethyl adjacent to an activating group) is 1. The van der Waals surface area contributed by atoms with Crippen LogP contribution < -0.4 is 14.2 Å². The van der Waals surface area contributed by atoms with Crippen molar-refractivity contribution in [2.24, 2.45) is 7.05 Å². The monoisotopic (exact) mass is 1380 g/mol. The molecule has 8 rings (SSSR count). The van der Waals surface area contributed by atoms with E-state index in [9.17, 15) is 22.0 Å². The molecular formula is C79H107Br2F5N2O3. The van der Waals surface area contributed by atoms with E-state index in [1.54, 1.807) is 13.8 Å². The van der Waals surface area contributed by atoms with Gasteiger partial charge in [-0.1, -0.05) is 213 Å². The number of ether oxygens (including phenoxy) is 3. The summed E-state index contributed by atoms with van der Waals surface area (Å²) in [5.74, 6) is 2.86. The second kappa shape index (κ2) is 40.2. The normalized spacial score (nSPS) is 11.1. The predicted molar refractivity (Wildman–Crippen MR) is 386 cm³/mol. The standard InChI is InChI=1S/C13H21NO.C12H15N.C12H18O.C11H16O.C11H16.C10H12Br2.C10H9F5/c1-11(2)12-6-5-7-13(10-12)15-9-8-14(3)4;1-9(2)11-8-13(3)12-7-5-4-6-10(11)12;1-9(2)11-6-5-7-12(8-11)13-10(3)4;1-4-12-11-7-5-6-10(8-11)9(2)3;1-8(2)11-6-9(3)5-10(4)7-11;1-6(2)8-4-9(11)7(3)10(12)5-8;1-5(2)6-3-7(10(13,14)15)9(12)8(11)4-6/h5-7,10-11H,8-9H2,1-4H3;4-9H,1-3H3;5-10H,1-4H3;5-9H,4H2,1-3H3;5-8H,1-4H3;4-6H,1-3H3;3-5H,1-2H3. The maximum absolute atomic E-state index is 12.9. The molecule has 1 aromatic heterocycles. The van der Waals surface area contributed by atoms with Crippen LogP contribution in [-0.4, -0.2) is 49.4 Å².